The Hall–Kier alpha value is -1.42. The van der Waals surface area contributed by atoms with Crippen LogP contribution in [0.2, 0.25) is 0 Å². The van der Waals surface area contributed by atoms with E-state index in [1.54, 1.807) is 25.1 Å². The van der Waals surface area contributed by atoms with E-state index >= 15 is 0 Å². The molecule has 18 heavy (non-hydrogen) atoms. The second-order valence-electron chi connectivity index (χ2n) is 4.34. The number of aromatic hydroxyl groups is 1. The molecular formula is C14H21BO3. The molecule has 4 heteroatoms. The van der Waals surface area contributed by atoms with Gasteiger partial charge in [0.05, 0.1) is 12.7 Å². The van der Waals surface area contributed by atoms with Crippen LogP contribution in [0.5, 0.6) is 11.5 Å². The molecule has 0 heterocycles. The molecule has 0 aromatic heterocycles. The summed E-state index contributed by atoms with van der Waals surface area (Å²) < 4.78 is 5.60. The molecule has 0 bridgehead atoms. The number of rotatable bonds is 6. The lowest BCUT2D eigenvalue weighted by atomic mass is 10.0. The molecule has 1 unspecified atom stereocenters. The van der Waals surface area contributed by atoms with Crippen LogP contribution in [-0.2, 0) is 0 Å². The number of ether oxygens (including phenoxy) is 1. The first-order chi connectivity index (χ1) is 8.56. The first-order valence-corrected chi connectivity index (χ1v) is 6.35. The minimum absolute atomic E-state index is 0.116. The van der Waals surface area contributed by atoms with Crippen LogP contribution in [0.1, 0.15) is 38.4 Å². The number of hydrogen-bond acceptors (Lipinski definition) is 3. The summed E-state index contributed by atoms with van der Waals surface area (Å²) in [7, 11) is 2.03. The summed E-state index contributed by atoms with van der Waals surface area (Å²) in [5, 5.41) is 19.0. The van der Waals surface area contributed by atoms with Crippen LogP contribution in [-0.4, -0.2) is 24.7 Å². The molecular weight excluding hydrogens is 227 g/mol. The largest absolute Gasteiger partial charge is 0.508 e. The molecule has 98 valence electrons. The van der Waals surface area contributed by atoms with Gasteiger partial charge in [-0.2, -0.15) is 0 Å². The van der Waals surface area contributed by atoms with Crippen molar-refractivity contribution in [2.45, 2.75) is 32.8 Å². The highest BCUT2D eigenvalue weighted by Crippen LogP contribution is 2.25. The fraction of sp³-hybridized carbons (Fsp3) is 0.429. The molecule has 0 aliphatic rings. The number of aliphatic hydroxyl groups is 1. The standard InChI is InChI=1S/C14H21BO3/c1-3-11(9-15)4-5-18-14-7-12(10(2)16)6-13(17)8-14/h6-10,16-17H,3-5,15H2,1-2H3/b11-9+. The van der Waals surface area contributed by atoms with Crippen LogP contribution in [0.3, 0.4) is 0 Å². The van der Waals surface area contributed by atoms with Crippen molar-refractivity contribution >= 4 is 7.85 Å². The first kappa shape index (κ1) is 14.6. The summed E-state index contributed by atoms with van der Waals surface area (Å²) in [5.41, 5.74) is 2.01. The van der Waals surface area contributed by atoms with E-state index < -0.39 is 6.10 Å². The third kappa shape index (κ3) is 4.45. The van der Waals surface area contributed by atoms with Gasteiger partial charge >= 0.3 is 0 Å². The average Bonchev–Trinajstić information content (AvgIpc) is 2.34. The highest BCUT2D eigenvalue weighted by molar-refractivity contribution is 6.17. The van der Waals surface area contributed by atoms with Crippen LogP contribution in [0.4, 0.5) is 0 Å². The van der Waals surface area contributed by atoms with Gasteiger partial charge in [-0.05, 0) is 31.0 Å². The van der Waals surface area contributed by atoms with Gasteiger partial charge in [-0.1, -0.05) is 12.5 Å². The molecule has 1 aromatic rings. The molecule has 0 aliphatic carbocycles. The molecule has 0 aliphatic heterocycles. The van der Waals surface area contributed by atoms with Gasteiger partial charge in [-0.15, -0.1) is 5.98 Å². The van der Waals surface area contributed by atoms with Crippen molar-refractivity contribution in [2.75, 3.05) is 6.61 Å². The van der Waals surface area contributed by atoms with Crippen molar-refractivity contribution in [3.05, 3.63) is 35.3 Å². The molecule has 0 fully saturated rings. The van der Waals surface area contributed by atoms with Gasteiger partial charge in [0.25, 0.3) is 0 Å². The Bertz CT molecular complexity index is 414. The molecule has 0 spiro atoms. The first-order valence-electron chi connectivity index (χ1n) is 6.35. The fourth-order valence-corrected chi connectivity index (χ4v) is 1.76. The normalized spacial score (nSPS) is 13.4. The Morgan fingerprint density at radius 1 is 1.44 bits per heavy atom. The molecule has 0 saturated heterocycles. The third-order valence-electron chi connectivity index (χ3n) is 2.95. The summed E-state index contributed by atoms with van der Waals surface area (Å²) in [4.78, 5) is 0. The van der Waals surface area contributed by atoms with Gasteiger partial charge in [0.1, 0.15) is 19.3 Å². The summed E-state index contributed by atoms with van der Waals surface area (Å²) >= 11 is 0. The Labute approximate surface area is 110 Å². The Morgan fingerprint density at radius 3 is 2.72 bits per heavy atom. The SMILES string of the molecule is B/C=C(\CC)CCOc1cc(O)cc(C(C)O)c1. The van der Waals surface area contributed by atoms with Gasteiger partial charge in [-0.3, -0.25) is 0 Å². The van der Waals surface area contributed by atoms with Gasteiger partial charge in [0.2, 0.25) is 0 Å². The topological polar surface area (TPSA) is 49.7 Å². The number of aliphatic hydroxyl groups excluding tert-OH is 1. The molecule has 0 radical (unpaired) electrons. The minimum Gasteiger partial charge on any atom is -0.508 e. The van der Waals surface area contributed by atoms with Crippen molar-refractivity contribution < 1.29 is 14.9 Å². The van der Waals surface area contributed by atoms with E-state index in [2.05, 4.69) is 12.9 Å². The van der Waals surface area contributed by atoms with Crippen molar-refractivity contribution in [1.29, 1.82) is 0 Å². The Morgan fingerprint density at radius 2 is 2.17 bits per heavy atom. The van der Waals surface area contributed by atoms with Crippen molar-refractivity contribution in [2.24, 2.45) is 0 Å². The van der Waals surface area contributed by atoms with E-state index in [1.807, 2.05) is 7.85 Å². The van der Waals surface area contributed by atoms with E-state index in [4.69, 9.17) is 4.74 Å². The number of benzene rings is 1. The molecule has 1 aromatic carbocycles. The van der Waals surface area contributed by atoms with Gasteiger partial charge in [-0.25, -0.2) is 0 Å². The second-order valence-corrected chi connectivity index (χ2v) is 4.34. The zero-order chi connectivity index (χ0) is 13.5. The van der Waals surface area contributed by atoms with Crippen LogP contribution in [0, 0.1) is 0 Å². The lowest BCUT2D eigenvalue weighted by Gasteiger charge is -2.11. The van der Waals surface area contributed by atoms with E-state index in [0.29, 0.717) is 17.9 Å². The van der Waals surface area contributed by atoms with E-state index in [0.717, 1.165) is 12.8 Å². The van der Waals surface area contributed by atoms with Crippen molar-refractivity contribution in [1.82, 2.24) is 0 Å². The van der Waals surface area contributed by atoms with Gasteiger partial charge < -0.3 is 14.9 Å². The summed E-state index contributed by atoms with van der Waals surface area (Å²) in [5.74, 6) is 2.81. The number of phenolic OH excluding ortho intramolecular Hbond substituents is 1. The summed E-state index contributed by atoms with van der Waals surface area (Å²) in [6, 6.07) is 4.86. The maximum atomic E-state index is 9.54. The second kappa shape index (κ2) is 7.12. The molecule has 0 saturated carbocycles. The van der Waals surface area contributed by atoms with E-state index in [1.165, 1.54) is 5.57 Å². The van der Waals surface area contributed by atoms with Crippen LogP contribution in [0.15, 0.2) is 29.7 Å². The van der Waals surface area contributed by atoms with Crippen LogP contribution in [0.25, 0.3) is 0 Å². The summed E-state index contributed by atoms with van der Waals surface area (Å²) in [6.07, 6.45) is 1.30. The lowest BCUT2D eigenvalue weighted by Crippen LogP contribution is -2.00. The Kier molecular flexibility index (Phi) is 5.79. The Balaban J connectivity index is 2.62. The predicted molar refractivity (Wildman–Crippen MR) is 75.8 cm³/mol. The predicted octanol–water partition coefficient (Wildman–Crippen LogP) is 2.14. The zero-order valence-electron chi connectivity index (χ0n) is 11.3. The fourth-order valence-electron chi connectivity index (χ4n) is 1.76. The smallest absolute Gasteiger partial charge is 0.129 e. The molecule has 1 atom stereocenters. The maximum Gasteiger partial charge on any atom is 0.129 e. The summed E-state index contributed by atoms with van der Waals surface area (Å²) in [6.45, 7) is 4.36. The maximum absolute atomic E-state index is 9.54. The quantitative estimate of drug-likeness (QED) is 0.758. The highest BCUT2D eigenvalue weighted by atomic mass is 16.5. The van der Waals surface area contributed by atoms with E-state index in [9.17, 15) is 10.2 Å². The van der Waals surface area contributed by atoms with Crippen molar-refractivity contribution in [3.63, 3.8) is 0 Å². The molecule has 1 rings (SSSR count). The van der Waals surface area contributed by atoms with Gasteiger partial charge in [0.15, 0.2) is 0 Å². The van der Waals surface area contributed by atoms with Crippen LogP contribution >= 0.6 is 0 Å². The van der Waals surface area contributed by atoms with Crippen molar-refractivity contribution in [3.8, 4) is 11.5 Å². The van der Waals surface area contributed by atoms with E-state index in [-0.39, 0.29) is 5.75 Å². The third-order valence-corrected chi connectivity index (χ3v) is 2.95. The number of hydrogen-bond donors (Lipinski definition) is 2. The molecule has 3 nitrogen and oxygen atoms in total. The minimum atomic E-state index is -0.610. The van der Waals surface area contributed by atoms with Crippen LogP contribution < -0.4 is 4.74 Å². The zero-order valence-corrected chi connectivity index (χ0v) is 11.3. The van der Waals surface area contributed by atoms with Gasteiger partial charge in [0, 0.05) is 12.5 Å². The number of phenols is 1. The lowest BCUT2D eigenvalue weighted by molar-refractivity contribution is 0.198. The molecule has 0 amide bonds. The monoisotopic (exact) mass is 248 g/mol. The molecule has 2 N–H and O–H groups in total. The highest BCUT2D eigenvalue weighted by Gasteiger charge is 2.06. The average molecular weight is 248 g/mol.